The third kappa shape index (κ3) is 3.11. The minimum absolute atomic E-state index is 0.0409. The molecule has 1 fully saturated rings. The molecule has 0 saturated carbocycles. The molecule has 0 radical (unpaired) electrons. The number of aromatic amines is 1. The van der Waals surface area contributed by atoms with E-state index in [0.29, 0.717) is 12.3 Å². The third-order valence-corrected chi connectivity index (χ3v) is 4.21. The number of H-pyrrole nitrogens is 1. The molecule has 100 valence electrons. The first-order valence-corrected chi connectivity index (χ1v) is 7.57. The lowest BCUT2D eigenvalue weighted by atomic mass is 9.96. The highest BCUT2D eigenvalue weighted by molar-refractivity contribution is 7.07. The molecule has 3 heterocycles. The van der Waals surface area contributed by atoms with Crippen LogP contribution in [0.25, 0.3) is 0 Å². The second kappa shape index (κ2) is 5.67. The van der Waals surface area contributed by atoms with Crippen molar-refractivity contribution in [3.05, 3.63) is 50.3 Å². The predicted octanol–water partition coefficient (Wildman–Crippen LogP) is 1.89. The van der Waals surface area contributed by atoms with Crippen LogP contribution in [0.1, 0.15) is 35.8 Å². The van der Waals surface area contributed by atoms with Crippen molar-refractivity contribution in [2.24, 2.45) is 0 Å². The molecule has 0 bridgehead atoms. The standard InChI is InChI=1S/C14H17N3OS/c18-14-7-12(11-2-1-4-15-8-11)16-13(17-14)6-10-3-5-19-9-10/h3,5,7,9,11,15H,1-2,4,6,8H2,(H,16,17,18). The number of thiophene rings is 1. The topological polar surface area (TPSA) is 57.8 Å². The molecule has 0 spiro atoms. The summed E-state index contributed by atoms with van der Waals surface area (Å²) < 4.78 is 0. The van der Waals surface area contributed by atoms with Gasteiger partial charge in [-0.3, -0.25) is 4.79 Å². The van der Waals surface area contributed by atoms with Gasteiger partial charge in [0, 0.05) is 24.9 Å². The lowest BCUT2D eigenvalue weighted by Gasteiger charge is -2.22. The van der Waals surface area contributed by atoms with Crippen molar-refractivity contribution in [1.82, 2.24) is 15.3 Å². The van der Waals surface area contributed by atoms with Crippen LogP contribution in [-0.2, 0) is 6.42 Å². The van der Waals surface area contributed by atoms with Crippen molar-refractivity contribution in [1.29, 1.82) is 0 Å². The molecule has 3 rings (SSSR count). The van der Waals surface area contributed by atoms with Gasteiger partial charge in [-0.25, -0.2) is 4.98 Å². The van der Waals surface area contributed by atoms with Crippen LogP contribution < -0.4 is 10.9 Å². The van der Waals surface area contributed by atoms with Crippen LogP contribution in [0.5, 0.6) is 0 Å². The lowest BCUT2D eigenvalue weighted by Crippen LogP contribution is -2.30. The molecule has 2 N–H and O–H groups in total. The molecule has 1 aliphatic rings. The van der Waals surface area contributed by atoms with Gasteiger partial charge >= 0.3 is 0 Å². The zero-order valence-corrected chi connectivity index (χ0v) is 11.5. The first kappa shape index (κ1) is 12.6. The highest BCUT2D eigenvalue weighted by Gasteiger charge is 2.17. The fourth-order valence-corrected chi connectivity index (χ4v) is 3.18. The highest BCUT2D eigenvalue weighted by Crippen LogP contribution is 2.20. The number of rotatable bonds is 3. The maximum absolute atomic E-state index is 11.8. The van der Waals surface area contributed by atoms with Crippen LogP contribution in [0, 0.1) is 0 Å². The second-order valence-electron chi connectivity index (χ2n) is 4.97. The average molecular weight is 275 g/mol. The van der Waals surface area contributed by atoms with Gasteiger partial charge in [-0.2, -0.15) is 11.3 Å². The summed E-state index contributed by atoms with van der Waals surface area (Å²) in [4.78, 5) is 19.3. The molecule has 2 aromatic rings. The fraction of sp³-hybridized carbons (Fsp3) is 0.429. The van der Waals surface area contributed by atoms with Gasteiger partial charge in [0.15, 0.2) is 0 Å². The van der Waals surface area contributed by atoms with E-state index in [1.54, 1.807) is 17.4 Å². The quantitative estimate of drug-likeness (QED) is 0.899. The van der Waals surface area contributed by atoms with Crippen molar-refractivity contribution in [3.63, 3.8) is 0 Å². The molecule has 1 saturated heterocycles. The zero-order valence-electron chi connectivity index (χ0n) is 10.7. The molecule has 19 heavy (non-hydrogen) atoms. The Hall–Kier alpha value is -1.46. The first-order valence-electron chi connectivity index (χ1n) is 6.63. The van der Waals surface area contributed by atoms with Crippen molar-refractivity contribution in [2.75, 3.05) is 13.1 Å². The summed E-state index contributed by atoms with van der Waals surface area (Å²) in [5, 5.41) is 7.50. The van der Waals surface area contributed by atoms with E-state index in [1.807, 2.05) is 5.38 Å². The van der Waals surface area contributed by atoms with E-state index in [9.17, 15) is 4.79 Å². The number of nitrogens with one attached hydrogen (secondary N) is 2. The third-order valence-electron chi connectivity index (χ3n) is 3.48. The smallest absolute Gasteiger partial charge is 0.251 e. The van der Waals surface area contributed by atoms with Crippen LogP contribution in [-0.4, -0.2) is 23.1 Å². The van der Waals surface area contributed by atoms with Crippen molar-refractivity contribution in [3.8, 4) is 0 Å². The van der Waals surface area contributed by atoms with Gasteiger partial charge in [0.05, 0.1) is 5.69 Å². The summed E-state index contributed by atoms with van der Waals surface area (Å²) in [6.45, 7) is 2.00. The van der Waals surface area contributed by atoms with Gasteiger partial charge in [-0.15, -0.1) is 0 Å². The van der Waals surface area contributed by atoms with Crippen LogP contribution in [0.2, 0.25) is 0 Å². The van der Waals surface area contributed by atoms with Gasteiger partial charge < -0.3 is 10.3 Å². The Morgan fingerprint density at radius 3 is 3.16 bits per heavy atom. The van der Waals surface area contributed by atoms with Crippen LogP contribution in [0.3, 0.4) is 0 Å². The summed E-state index contributed by atoms with van der Waals surface area (Å²) in [7, 11) is 0. The molecule has 4 nitrogen and oxygen atoms in total. The maximum atomic E-state index is 11.8. The Kier molecular flexibility index (Phi) is 3.75. The van der Waals surface area contributed by atoms with E-state index in [1.165, 1.54) is 5.56 Å². The van der Waals surface area contributed by atoms with Gasteiger partial charge in [0.25, 0.3) is 5.56 Å². The number of piperidine rings is 1. The molecule has 1 aliphatic heterocycles. The minimum Gasteiger partial charge on any atom is -0.316 e. The molecule has 1 unspecified atom stereocenters. The second-order valence-corrected chi connectivity index (χ2v) is 5.75. The molecular formula is C14H17N3OS. The summed E-state index contributed by atoms with van der Waals surface area (Å²) >= 11 is 1.67. The van der Waals surface area contributed by atoms with Gasteiger partial charge in [-0.05, 0) is 41.8 Å². The molecule has 0 amide bonds. The summed E-state index contributed by atoms with van der Waals surface area (Å²) in [6, 6.07) is 3.72. The molecule has 2 aromatic heterocycles. The van der Waals surface area contributed by atoms with Crippen molar-refractivity contribution >= 4 is 11.3 Å². The van der Waals surface area contributed by atoms with E-state index in [2.05, 4.69) is 26.7 Å². The predicted molar refractivity (Wildman–Crippen MR) is 76.8 cm³/mol. The Balaban J connectivity index is 1.85. The Bertz CT molecular complexity index is 585. The summed E-state index contributed by atoms with van der Waals surface area (Å²) in [5.74, 6) is 1.14. The highest BCUT2D eigenvalue weighted by atomic mass is 32.1. The normalized spacial score (nSPS) is 19.5. The Morgan fingerprint density at radius 1 is 1.47 bits per heavy atom. The molecule has 0 aromatic carbocycles. The maximum Gasteiger partial charge on any atom is 0.251 e. The number of nitrogens with zero attached hydrogens (tertiary/aromatic N) is 1. The van der Waals surface area contributed by atoms with E-state index in [-0.39, 0.29) is 5.56 Å². The molecule has 0 aliphatic carbocycles. The van der Waals surface area contributed by atoms with Crippen LogP contribution >= 0.6 is 11.3 Å². The SMILES string of the molecule is O=c1cc(C2CCCNC2)nc(Cc2ccsc2)[nH]1. The Morgan fingerprint density at radius 2 is 2.42 bits per heavy atom. The first-order chi connectivity index (χ1) is 9.31. The summed E-state index contributed by atoms with van der Waals surface area (Å²) in [6.07, 6.45) is 2.97. The van der Waals surface area contributed by atoms with E-state index in [4.69, 9.17) is 0 Å². The summed E-state index contributed by atoms with van der Waals surface area (Å²) in [5.41, 5.74) is 2.09. The van der Waals surface area contributed by atoms with Crippen molar-refractivity contribution < 1.29 is 0 Å². The monoisotopic (exact) mass is 275 g/mol. The molecular weight excluding hydrogens is 258 g/mol. The van der Waals surface area contributed by atoms with E-state index < -0.39 is 0 Å². The van der Waals surface area contributed by atoms with Crippen LogP contribution in [0.15, 0.2) is 27.7 Å². The van der Waals surface area contributed by atoms with E-state index in [0.717, 1.165) is 37.4 Å². The van der Waals surface area contributed by atoms with Crippen molar-refractivity contribution in [2.45, 2.75) is 25.2 Å². The lowest BCUT2D eigenvalue weighted by molar-refractivity contribution is 0.453. The molecule has 5 heteroatoms. The van der Waals surface area contributed by atoms with E-state index >= 15 is 0 Å². The minimum atomic E-state index is -0.0409. The van der Waals surface area contributed by atoms with Crippen LogP contribution in [0.4, 0.5) is 0 Å². The van der Waals surface area contributed by atoms with Gasteiger partial charge in [0.1, 0.15) is 5.82 Å². The number of aromatic nitrogens is 2. The largest absolute Gasteiger partial charge is 0.316 e. The fourth-order valence-electron chi connectivity index (χ4n) is 2.51. The van der Waals surface area contributed by atoms with Gasteiger partial charge in [-0.1, -0.05) is 0 Å². The number of hydrogen-bond acceptors (Lipinski definition) is 4. The number of hydrogen-bond donors (Lipinski definition) is 2. The molecule has 1 atom stereocenters. The Labute approximate surface area is 115 Å². The van der Waals surface area contributed by atoms with Gasteiger partial charge in [0.2, 0.25) is 0 Å². The average Bonchev–Trinajstić information content (AvgIpc) is 2.92. The zero-order chi connectivity index (χ0) is 13.1.